The smallest absolute Gasteiger partial charge is 0.322 e. The van der Waals surface area contributed by atoms with Crippen molar-refractivity contribution in [1.82, 2.24) is 30.4 Å². The normalized spacial score (nSPS) is 16.7. The fraction of sp³-hybridized carbons (Fsp3) is 0.407. The summed E-state index contributed by atoms with van der Waals surface area (Å²) in [7, 11) is 1.72. The molecule has 0 bridgehead atoms. The van der Waals surface area contributed by atoms with Crippen LogP contribution in [0.1, 0.15) is 70.4 Å². The lowest BCUT2D eigenvalue weighted by molar-refractivity contribution is -0.136. The number of amides is 7. The molecule has 2 fully saturated rings. The number of nitriles is 1. The van der Waals surface area contributed by atoms with Crippen LogP contribution in [-0.2, 0) is 51.7 Å². The van der Waals surface area contributed by atoms with Crippen molar-refractivity contribution >= 4 is 47.1 Å². The second kappa shape index (κ2) is 30.3. The predicted molar refractivity (Wildman–Crippen MR) is 298 cm³/mol. The number of pyridine rings is 2. The maximum Gasteiger partial charge on any atom is 0.322 e. The van der Waals surface area contributed by atoms with Crippen LogP contribution in [0.2, 0.25) is 0 Å². The van der Waals surface area contributed by atoms with Crippen LogP contribution < -0.4 is 41.2 Å². The first kappa shape index (κ1) is 59.6. The van der Waals surface area contributed by atoms with Crippen LogP contribution in [0.25, 0.3) is 11.1 Å². The Morgan fingerprint density at radius 3 is 1.95 bits per heavy atom. The fourth-order valence-electron chi connectivity index (χ4n) is 9.47. The van der Waals surface area contributed by atoms with E-state index >= 15 is 0 Å². The third-order valence-electron chi connectivity index (χ3n) is 13.8. The molecule has 1 atom stereocenters. The number of urea groups is 1. The lowest BCUT2D eigenvalue weighted by Crippen LogP contribution is -2.54. The van der Waals surface area contributed by atoms with Crippen molar-refractivity contribution in [2.75, 3.05) is 96.0 Å². The van der Waals surface area contributed by atoms with E-state index in [0.29, 0.717) is 83.9 Å². The van der Waals surface area contributed by atoms with E-state index in [-0.39, 0.29) is 73.2 Å². The Morgan fingerprint density at radius 1 is 0.683 bits per heavy atom. The number of nitrogens with one attached hydrogen (secondary N) is 4. The van der Waals surface area contributed by atoms with Gasteiger partial charge in [0.1, 0.15) is 36.0 Å². The van der Waals surface area contributed by atoms with Crippen LogP contribution in [-0.4, -0.2) is 154 Å². The van der Waals surface area contributed by atoms with E-state index < -0.39 is 35.6 Å². The number of piperidine rings is 1. The molecule has 3 aliphatic rings. The first-order valence-electron chi connectivity index (χ1n) is 27.3. The number of carbonyl (C=O) groups excluding carboxylic acids is 6. The number of aryl methyl sites for hydroxylation is 1. The number of nitrogens with zero attached hydrogens (tertiary/aromatic N) is 5. The van der Waals surface area contributed by atoms with Crippen molar-refractivity contribution in [3.8, 4) is 28.7 Å². The number of carbonyl (C=O) groups is 6. The van der Waals surface area contributed by atoms with Gasteiger partial charge in [-0.3, -0.25) is 43.9 Å². The second-order valence-electron chi connectivity index (χ2n) is 19.5. The zero-order chi connectivity index (χ0) is 57.6. The summed E-state index contributed by atoms with van der Waals surface area (Å²) in [5.41, 5.74) is 4.10. The lowest BCUT2D eigenvalue weighted by Gasteiger charge is -2.37. The molecule has 23 heteroatoms. The summed E-state index contributed by atoms with van der Waals surface area (Å²) in [6.45, 7) is 4.18. The minimum atomic E-state index is -1.08. The van der Waals surface area contributed by atoms with Crippen LogP contribution in [0.5, 0.6) is 11.5 Å². The van der Waals surface area contributed by atoms with Gasteiger partial charge in [-0.2, -0.15) is 5.26 Å². The van der Waals surface area contributed by atoms with E-state index in [4.69, 9.17) is 38.4 Å². The molecule has 7 amide bonds. The summed E-state index contributed by atoms with van der Waals surface area (Å²) in [4.78, 5) is 95.2. The number of hydrogen-bond acceptors (Lipinski definition) is 17. The summed E-state index contributed by atoms with van der Waals surface area (Å²) in [5, 5.41) is 20.6. The second-order valence-corrected chi connectivity index (χ2v) is 19.5. The third-order valence-corrected chi connectivity index (χ3v) is 13.8. The molecule has 1 saturated carbocycles. The Labute approximate surface area is 474 Å². The first-order chi connectivity index (χ1) is 39.9. The van der Waals surface area contributed by atoms with E-state index in [1.54, 1.807) is 42.2 Å². The maximum atomic E-state index is 14.1. The highest BCUT2D eigenvalue weighted by atomic mass is 16.6. The van der Waals surface area contributed by atoms with Gasteiger partial charge in [0.05, 0.1) is 82.8 Å². The molecule has 432 valence electrons. The van der Waals surface area contributed by atoms with Crippen LogP contribution in [0.4, 0.5) is 16.3 Å². The van der Waals surface area contributed by atoms with E-state index in [1.165, 1.54) is 18.2 Å². The largest absolute Gasteiger partial charge is 0.491 e. The molecule has 5 aromatic rings. The lowest BCUT2D eigenvalue weighted by atomic mass is 9.89. The van der Waals surface area contributed by atoms with Crippen molar-refractivity contribution < 1.29 is 61.9 Å². The van der Waals surface area contributed by atoms with E-state index in [9.17, 15) is 33.6 Å². The van der Waals surface area contributed by atoms with Gasteiger partial charge < -0.3 is 53.7 Å². The number of ether oxygens (including phenoxy) is 7. The molecule has 0 spiro atoms. The van der Waals surface area contributed by atoms with Gasteiger partial charge in [0.2, 0.25) is 17.4 Å². The van der Waals surface area contributed by atoms with Crippen molar-refractivity contribution in [3.05, 3.63) is 136 Å². The van der Waals surface area contributed by atoms with E-state index in [0.717, 1.165) is 58.8 Å². The molecule has 2 aliphatic heterocycles. The summed E-state index contributed by atoms with van der Waals surface area (Å²) in [5.74, 6) is -1.28. The first-order valence-corrected chi connectivity index (χ1v) is 27.3. The van der Waals surface area contributed by atoms with Crippen molar-refractivity contribution in [2.45, 2.75) is 63.2 Å². The minimum absolute atomic E-state index is 0.0179. The highest BCUT2D eigenvalue weighted by Gasteiger charge is 2.45. The molecule has 2 aromatic heterocycles. The Balaban J connectivity index is 0.625. The van der Waals surface area contributed by atoms with Gasteiger partial charge >= 0.3 is 6.03 Å². The number of benzene rings is 3. The van der Waals surface area contributed by atoms with Crippen LogP contribution in [0.15, 0.2) is 108 Å². The van der Waals surface area contributed by atoms with Gasteiger partial charge in [0.15, 0.2) is 6.61 Å². The highest BCUT2D eigenvalue weighted by molar-refractivity contribution is 6.23. The Hall–Kier alpha value is -8.53. The molecule has 4 N–H and O–H groups in total. The highest BCUT2D eigenvalue weighted by Crippen LogP contribution is 2.32. The SMILES string of the molecule is Cn1cc(-c2ccc(N(C(=O)NCc3ccc(OCCOCCOCCOCCOCCOCCNC(=O)COc4ccc5c(c4)C(=O)N(C4CCC(=O)NC4=O)C5=O)cc3)C3CCC(Nc4ccc(C#N)cn4)CC3)cc2)ccc1=O. The standard InChI is InChI=1S/C59H67N9O14/c1-66-38-43(7-21-55(66)71)42-5-10-45(11-6-42)67(46-12-8-44(9-13-46)64-52-19-4-41(35-60)37-62-52)59(75)63-36-40-2-14-47(15-3-40)81-33-32-80-31-30-79-29-28-78-27-26-77-25-24-76-23-22-61-54(70)39-82-48-16-17-49-50(34-48)58(74)68(57(49)73)51-18-20-53(69)65-56(51)72/h2-7,10-11,14-17,19,21,34,37-38,44,46,51H,8-9,12-13,18,20,22-33,36,39H2,1H3,(H,61,70)(H,62,64)(H,63,75)(H,65,69,72). The predicted octanol–water partition coefficient (Wildman–Crippen LogP) is 4.52. The van der Waals surface area contributed by atoms with Crippen LogP contribution >= 0.6 is 0 Å². The molecule has 3 aromatic carbocycles. The Morgan fingerprint density at radius 2 is 1.32 bits per heavy atom. The monoisotopic (exact) mass is 1130 g/mol. The molecule has 8 rings (SSSR count). The zero-order valence-electron chi connectivity index (χ0n) is 45.6. The third kappa shape index (κ3) is 17.0. The molecule has 23 nitrogen and oxygen atoms in total. The zero-order valence-corrected chi connectivity index (χ0v) is 45.6. The topological polar surface area (TPSA) is 280 Å². The molecule has 82 heavy (non-hydrogen) atoms. The Kier molecular flexibility index (Phi) is 22.0. The van der Waals surface area contributed by atoms with Gasteiger partial charge in [-0.25, -0.2) is 9.78 Å². The van der Waals surface area contributed by atoms with Crippen LogP contribution in [0.3, 0.4) is 0 Å². The summed E-state index contributed by atoms with van der Waals surface area (Å²) in [6, 6.07) is 27.5. The van der Waals surface area contributed by atoms with Gasteiger partial charge in [0.25, 0.3) is 17.7 Å². The fourth-order valence-corrected chi connectivity index (χ4v) is 9.47. The van der Waals surface area contributed by atoms with Crippen molar-refractivity contribution in [2.24, 2.45) is 7.05 Å². The molecule has 0 radical (unpaired) electrons. The maximum absolute atomic E-state index is 14.1. The molecule has 1 saturated heterocycles. The van der Waals surface area contributed by atoms with E-state index in [2.05, 4.69) is 32.3 Å². The number of rotatable bonds is 30. The molecular weight excluding hydrogens is 1060 g/mol. The van der Waals surface area contributed by atoms with Crippen molar-refractivity contribution in [3.63, 3.8) is 0 Å². The quantitative estimate of drug-likeness (QED) is 0.0363. The summed E-state index contributed by atoms with van der Waals surface area (Å²) in [6.07, 6.45) is 6.63. The average Bonchev–Trinajstić information content (AvgIpc) is 3.78. The molecular formula is C59H67N9O14. The van der Waals surface area contributed by atoms with E-state index in [1.807, 2.05) is 59.5 Å². The van der Waals surface area contributed by atoms with Gasteiger partial charge in [-0.15, -0.1) is 0 Å². The summed E-state index contributed by atoms with van der Waals surface area (Å²) >= 11 is 0. The van der Waals surface area contributed by atoms with Crippen LogP contribution in [0, 0.1) is 11.3 Å². The summed E-state index contributed by atoms with van der Waals surface area (Å²) < 4.78 is 40.7. The van der Waals surface area contributed by atoms with Gasteiger partial charge in [-0.1, -0.05) is 24.3 Å². The number of anilines is 2. The number of hydrogen-bond donors (Lipinski definition) is 4. The average molecular weight is 1130 g/mol. The van der Waals surface area contributed by atoms with Gasteiger partial charge in [0, 0.05) is 62.8 Å². The van der Waals surface area contributed by atoms with Gasteiger partial charge in [-0.05, 0) is 109 Å². The molecule has 1 aliphatic carbocycles. The van der Waals surface area contributed by atoms with Crippen molar-refractivity contribution in [1.29, 1.82) is 5.26 Å². The Bertz CT molecular complexity index is 3090. The number of fused-ring (bicyclic) bond motifs is 1. The number of aromatic nitrogens is 2. The minimum Gasteiger partial charge on any atom is -0.491 e. The molecule has 4 heterocycles. The molecule has 1 unspecified atom stereocenters. The number of imide groups is 2.